The van der Waals surface area contributed by atoms with Crippen LogP contribution in [0.5, 0.6) is 0 Å². The zero-order valence-corrected chi connectivity index (χ0v) is 11.3. The van der Waals surface area contributed by atoms with Gasteiger partial charge in [-0.2, -0.15) is 0 Å². The lowest BCUT2D eigenvalue weighted by Crippen LogP contribution is -2.14. The summed E-state index contributed by atoms with van der Waals surface area (Å²) in [5.74, 6) is 0.330. The van der Waals surface area contributed by atoms with Crippen LogP contribution in [0.3, 0.4) is 0 Å². The number of hydrogen-bond donors (Lipinski definition) is 3. The van der Waals surface area contributed by atoms with Gasteiger partial charge in [0.25, 0.3) is 5.91 Å². The third-order valence-corrected chi connectivity index (χ3v) is 3.09. The highest BCUT2D eigenvalue weighted by Crippen LogP contribution is 2.18. The van der Waals surface area contributed by atoms with Crippen molar-refractivity contribution in [2.45, 2.75) is 5.88 Å². The molecule has 1 amide bonds. The van der Waals surface area contributed by atoms with E-state index < -0.39 is 0 Å². The molecule has 0 saturated heterocycles. The number of pyridine rings is 1. The van der Waals surface area contributed by atoms with E-state index in [-0.39, 0.29) is 11.7 Å². The van der Waals surface area contributed by atoms with Gasteiger partial charge in [-0.15, -0.1) is 11.6 Å². The summed E-state index contributed by atoms with van der Waals surface area (Å²) in [6, 6.07) is 8.58. The monoisotopic (exact) mass is 288 g/mol. The molecule has 20 heavy (non-hydrogen) atoms. The number of halogens is 1. The Hall–Kier alpha value is -2.40. The molecule has 0 aliphatic heterocycles. The van der Waals surface area contributed by atoms with Gasteiger partial charge in [0.1, 0.15) is 5.82 Å². The van der Waals surface area contributed by atoms with Crippen LogP contribution in [0, 0.1) is 5.41 Å². The number of carbonyl (C=O) groups excluding carboxylic acids is 1. The van der Waals surface area contributed by atoms with Gasteiger partial charge in [0.2, 0.25) is 0 Å². The van der Waals surface area contributed by atoms with Crippen LogP contribution in [0.1, 0.15) is 21.5 Å². The first-order valence-electron chi connectivity index (χ1n) is 5.87. The van der Waals surface area contributed by atoms with Gasteiger partial charge < -0.3 is 16.5 Å². The lowest BCUT2D eigenvalue weighted by molar-refractivity contribution is 0.102. The van der Waals surface area contributed by atoms with Gasteiger partial charge in [-0.05, 0) is 23.8 Å². The number of aromatic nitrogens is 1. The minimum absolute atomic E-state index is 0.204. The maximum Gasteiger partial charge on any atom is 0.255 e. The molecule has 0 atom stereocenters. The summed E-state index contributed by atoms with van der Waals surface area (Å²) >= 11 is 5.70. The van der Waals surface area contributed by atoms with Crippen molar-refractivity contribution in [2.24, 2.45) is 0 Å². The zero-order valence-electron chi connectivity index (χ0n) is 10.6. The molecule has 6 heteroatoms. The van der Waals surface area contributed by atoms with E-state index in [1.54, 1.807) is 30.3 Å². The van der Waals surface area contributed by atoms with Gasteiger partial charge in [0, 0.05) is 23.9 Å². The fourth-order valence-electron chi connectivity index (χ4n) is 1.69. The van der Waals surface area contributed by atoms with Crippen LogP contribution in [0.15, 0.2) is 36.5 Å². The minimum atomic E-state index is -0.278. The summed E-state index contributed by atoms with van der Waals surface area (Å²) in [6.45, 7) is 0. The van der Waals surface area contributed by atoms with Crippen molar-refractivity contribution in [3.05, 3.63) is 53.2 Å². The van der Waals surface area contributed by atoms with E-state index in [9.17, 15) is 4.79 Å². The molecular weight excluding hydrogens is 276 g/mol. The highest BCUT2D eigenvalue weighted by molar-refractivity contribution is 6.17. The van der Waals surface area contributed by atoms with E-state index in [0.29, 0.717) is 22.7 Å². The van der Waals surface area contributed by atoms with Gasteiger partial charge in [0.05, 0.1) is 11.3 Å². The quantitative estimate of drug-likeness (QED) is 0.596. The van der Waals surface area contributed by atoms with Crippen LogP contribution < -0.4 is 11.1 Å². The number of nitrogens with two attached hydrogens (primary N) is 1. The lowest BCUT2D eigenvalue weighted by Gasteiger charge is -2.09. The predicted molar refractivity (Wildman–Crippen MR) is 80.5 cm³/mol. The van der Waals surface area contributed by atoms with E-state index in [1.165, 1.54) is 6.20 Å². The first kappa shape index (κ1) is 14.0. The molecule has 0 saturated carbocycles. The molecule has 5 nitrogen and oxygen atoms in total. The number of anilines is 2. The topological polar surface area (TPSA) is 91.9 Å². The highest BCUT2D eigenvalue weighted by atomic mass is 35.5. The van der Waals surface area contributed by atoms with Crippen LogP contribution >= 0.6 is 11.6 Å². The van der Waals surface area contributed by atoms with Gasteiger partial charge in [-0.1, -0.05) is 12.1 Å². The van der Waals surface area contributed by atoms with E-state index in [1.807, 2.05) is 0 Å². The van der Waals surface area contributed by atoms with Crippen molar-refractivity contribution in [1.29, 1.82) is 5.41 Å². The van der Waals surface area contributed by atoms with Crippen molar-refractivity contribution in [3.8, 4) is 0 Å². The molecule has 2 rings (SSSR count). The van der Waals surface area contributed by atoms with Crippen LogP contribution in [-0.2, 0) is 5.88 Å². The molecule has 1 aromatic carbocycles. The second-order valence-corrected chi connectivity index (χ2v) is 4.35. The fraction of sp³-hybridized carbons (Fsp3) is 0.0714. The molecule has 0 aliphatic carbocycles. The van der Waals surface area contributed by atoms with Crippen molar-refractivity contribution < 1.29 is 4.79 Å². The number of alkyl halides is 1. The normalized spacial score (nSPS) is 10.1. The van der Waals surface area contributed by atoms with Crippen LogP contribution in [0.2, 0.25) is 0 Å². The second-order valence-electron chi connectivity index (χ2n) is 4.09. The Labute approximate surface area is 121 Å². The standard InChI is InChI=1S/C14H13ClN4O/c15-7-9-1-3-10(4-2-9)14(20)19-12-5-6-18-13(17)11(12)8-16/h1-6,8,16H,7H2,(H3,17,18,19,20). The maximum atomic E-state index is 12.1. The van der Waals surface area contributed by atoms with Crippen LogP contribution in [-0.4, -0.2) is 17.1 Å². The number of nitrogens with one attached hydrogen (secondary N) is 2. The Kier molecular flexibility index (Phi) is 4.32. The molecular formula is C14H13ClN4O. The predicted octanol–water partition coefficient (Wildman–Crippen LogP) is 2.65. The average Bonchev–Trinajstić information content (AvgIpc) is 2.47. The van der Waals surface area contributed by atoms with Crippen molar-refractivity contribution in [1.82, 2.24) is 4.98 Å². The number of hydrogen-bond acceptors (Lipinski definition) is 4. The van der Waals surface area contributed by atoms with E-state index in [4.69, 9.17) is 22.7 Å². The first-order chi connectivity index (χ1) is 9.65. The summed E-state index contributed by atoms with van der Waals surface area (Å²) in [4.78, 5) is 16.0. The largest absolute Gasteiger partial charge is 0.383 e. The molecule has 4 N–H and O–H groups in total. The lowest BCUT2D eigenvalue weighted by atomic mass is 10.1. The minimum Gasteiger partial charge on any atom is -0.383 e. The SMILES string of the molecule is N=Cc1c(NC(=O)c2ccc(CCl)cc2)ccnc1N. The van der Waals surface area contributed by atoms with E-state index >= 15 is 0 Å². The van der Waals surface area contributed by atoms with Crippen LogP contribution in [0.4, 0.5) is 11.5 Å². The highest BCUT2D eigenvalue weighted by Gasteiger charge is 2.10. The Morgan fingerprint density at radius 2 is 2.05 bits per heavy atom. The Bertz CT molecular complexity index is 640. The first-order valence-corrected chi connectivity index (χ1v) is 6.40. The third kappa shape index (κ3) is 2.95. The summed E-state index contributed by atoms with van der Waals surface area (Å²) < 4.78 is 0. The smallest absolute Gasteiger partial charge is 0.255 e. The molecule has 102 valence electrons. The number of carbonyl (C=O) groups is 1. The van der Waals surface area contributed by atoms with Gasteiger partial charge in [-0.3, -0.25) is 4.79 Å². The van der Waals surface area contributed by atoms with Gasteiger partial charge >= 0.3 is 0 Å². The number of rotatable bonds is 4. The molecule has 0 unspecified atom stereocenters. The number of benzene rings is 1. The summed E-state index contributed by atoms with van der Waals surface area (Å²) in [5, 5.41) is 10.0. The number of amides is 1. The fourth-order valence-corrected chi connectivity index (χ4v) is 1.87. The molecule has 0 fully saturated rings. The summed E-state index contributed by atoms with van der Waals surface area (Å²) in [7, 11) is 0. The number of nitrogens with zero attached hydrogens (tertiary/aromatic N) is 1. The Morgan fingerprint density at radius 3 is 2.65 bits per heavy atom. The zero-order chi connectivity index (χ0) is 14.5. The number of nitrogen functional groups attached to an aromatic ring is 1. The van der Waals surface area contributed by atoms with Crippen molar-refractivity contribution in [3.63, 3.8) is 0 Å². The molecule has 0 spiro atoms. The Morgan fingerprint density at radius 1 is 1.35 bits per heavy atom. The molecule has 2 aromatic rings. The Balaban J connectivity index is 2.23. The molecule has 0 radical (unpaired) electrons. The van der Waals surface area contributed by atoms with Crippen LogP contribution in [0.25, 0.3) is 0 Å². The maximum absolute atomic E-state index is 12.1. The van der Waals surface area contributed by atoms with Crippen molar-refractivity contribution >= 4 is 35.2 Å². The second kappa shape index (κ2) is 6.16. The average molecular weight is 289 g/mol. The van der Waals surface area contributed by atoms with Crippen molar-refractivity contribution in [2.75, 3.05) is 11.1 Å². The molecule has 0 aliphatic rings. The molecule has 1 aromatic heterocycles. The van der Waals surface area contributed by atoms with E-state index in [0.717, 1.165) is 11.8 Å². The van der Waals surface area contributed by atoms with Gasteiger partial charge in [-0.25, -0.2) is 4.98 Å². The molecule has 1 heterocycles. The summed E-state index contributed by atoms with van der Waals surface area (Å²) in [6.07, 6.45) is 2.54. The third-order valence-electron chi connectivity index (χ3n) is 2.78. The molecule has 0 bridgehead atoms. The van der Waals surface area contributed by atoms with Gasteiger partial charge in [0.15, 0.2) is 0 Å². The summed E-state index contributed by atoms with van der Waals surface area (Å²) in [5.41, 5.74) is 7.95. The van der Waals surface area contributed by atoms with E-state index in [2.05, 4.69) is 10.3 Å².